The summed E-state index contributed by atoms with van der Waals surface area (Å²) in [7, 11) is 0. The highest BCUT2D eigenvalue weighted by atomic mass is 35.5. The van der Waals surface area contributed by atoms with Gasteiger partial charge in [0.2, 0.25) is 5.82 Å². The number of thiazole rings is 1. The van der Waals surface area contributed by atoms with Crippen LogP contribution in [0.4, 0.5) is 5.13 Å². The molecule has 0 fully saturated rings. The summed E-state index contributed by atoms with van der Waals surface area (Å²) < 4.78 is 0. The molecule has 0 aliphatic rings. The number of tetrazole rings is 1. The molecular weight excluding hydrogens is 336 g/mol. The molecule has 9 heteroatoms. The molecule has 0 spiro atoms. The summed E-state index contributed by atoms with van der Waals surface area (Å²) in [6, 6.07) is 6.57. The molecule has 3 rings (SSSR count). The van der Waals surface area contributed by atoms with Crippen LogP contribution in [0.1, 0.15) is 19.4 Å². The lowest BCUT2D eigenvalue weighted by atomic mass is 10.2. The molecule has 7 nitrogen and oxygen atoms in total. The van der Waals surface area contributed by atoms with Crippen LogP contribution in [0.5, 0.6) is 0 Å². The number of halogens is 1. The largest absolute Gasteiger partial charge is 0.300 e. The number of nitrogens with one attached hydrogen (secondary N) is 1. The van der Waals surface area contributed by atoms with E-state index in [1.165, 1.54) is 16.1 Å². The first-order valence-electron chi connectivity index (χ1n) is 6.93. The molecule has 1 aromatic carbocycles. The normalized spacial score (nSPS) is 12.1. The van der Waals surface area contributed by atoms with Gasteiger partial charge in [-0.05, 0) is 35.9 Å². The van der Waals surface area contributed by atoms with Crippen molar-refractivity contribution in [2.24, 2.45) is 0 Å². The zero-order valence-electron chi connectivity index (χ0n) is 12.2. The van der Waals surface area contributed by atoms with Gasteiger partial charge in [-0.15, -0.1) is 21.5 Å². The lowest BCUT2D eigenvalue weighted by Crippen LogP contribution is -2.27. The molecule has 2 heterocycles. The van der Waals surface area contributed by atoms with Crippen molar-refractivity contribution in [1.29, 1.82) is 0 Å². The average Bonchev–Trinajstić information content (AvgIpc) is 3.21. The van der Waals surface area contributed by atoms with Gasteiger partial charge >= 0.3 is 0 Å². The summed E-state index contributed by atoms with van der Waals surface area (Å²) >= 11 is 7.22. The van der Waals surface area contributed by atoms with Gasteiger partial charge in [0, 0.05) is 22.2 Å². The Kier molecular flexibility index (Phi) is 4.63. The molecule has 0 aliphatic heterocycles. The first kappa shape index (κ1) is 15.6. The Hall–Kier alpha value is -2.32. The van der Waals surface area contributed by atoms with E-state index in [9.17, 15) is 4.79 Å². The number of amides is 1. The van der Waals surface area contributed by atoms with Crippen LogP contribution < -0.4 is 5.32 Å². The van der Waals surface area contributed by atoms with Crippen molar-refractivity contribution in [2.45, 2.75) is 19.4 Å². The number of anilines is 1. The first-order chi connectivity index (χ1) is 11.2. The van der Waals surface area contributed by atoms with Crippen molar-refractivity contribution in [3.8, 4) is 11.4 Å². The number of rotatable bonds is 5. The molecule has 0 saturated heterocycles. The molecule has 0 aliphatic carbocycles. The van der Waals surface area contributed by atoms with E-state index in [-0.39, 0.29) is 5.91 Å². The number of nitrogens with zero attached hydrogens (tertiary/aromatic N) is 5. The van der Waals surface area contributed by atoms with Gasteiger partial charge in [0.15, 0.2) is 11.2 Å². The molecule has 2 aromatic heterocycles. The molecule has 1 unspecified atom stereocenters. The van der Waals surface area contributed by atoms with Crippen LogP contribution in [0.2, 0.25) is 5.02 Å². The second-order valence-electron chi connectivity index (χ2n) is 4.69. The fourth-order valence-electron chi connectivity index (χ4n) is 2.00. The summed E-state index contributed by atoms with van der Waals surface area (Å²) in [5, 5.41) is 18.0. The van der Waals surface area contributed by atoms with Crippen molar-refractivity contribution < 1.29 is 4.79 Å². The van der Waals surface area contributed by atoms with E-state index in [1.807, 2.05) is 6.92 Å². The number of aromatic nitrogens is 5. The van der Waals surface area contributed by atoms with Crippen molar-refractivity contribution in [2.75, 3.05) is 5.32 Å². The van der Waals surface area contributed by atoms with Gasteiger partial charge in [0.05, 0.1) is 0 Å². The maximum absolute atomic E-state index is 12.3. The van der Waals surface area contributed by atoms with Gasteiger partial charge in [-0.1, -0.05) is 18.5 Å². The zero-order valence-corrected chi connectivity index (χ0v) is 13.8. The molecular formula is C14H13ClN6OS. The van der Waals surface area contributed by atoms with Crippen LogP contribution in [0.15, 0.2) is 35.8 Å². The molecule has 0 radical (unpaired) electrons. The summed E-state index contributed by atoms with van der Waals surface area (Å²) in [5.41, 5.74) is 0.788. The summed E-state index contributed by atoms with van der Waals surface area (Å²) in [6.45, 7) is 1.89. The molecule has 1 amide bonds. The van der Waals surface area contributed by atoms with E-state index in [0.29, 0.717) is 22.4 Å². The summed E-state index contributed by atoms with van der Waals surface area (Å²) in [5.74, 6) is 0.227. The molecule has 118 valence electrons. The van der Waals surface area contributed by atoms with Crippen LogP contribution >= 0.6 is 22.9 Å². The van der Waals surface area contributed by atoms with Gasteiger partial charge in [-0.3, -0.25) is 4.79 Å². The second-order valence-corrected chi connectivity index (χ2v) is 6.02. The minimum Gasteiger partial charge on any atom is -0.300 e. The second kappa shape index (κ2) is 6.84. The van der Waals surface area contributed by atoms with Crippen LogP contribution in [0.25, 0.3) is 11.4 Å². The number of hydrogen-bond donors (Lipinski definition) is 1. The topological polar surface area (TPSA) is 85.6 Å². The third-order valence-electron chi connectivity index (χ3n) is 3.16. The van der Waals surface area contributed by atoms with Gasteiger partial charge in [0.1, 0.15) is 0 Å². The highest BCUT2D eigenvalue weighted by Crippen LogP contribution is 2.19. The predicted octanol–water partition coefficient (Wildman–Crippen LogP) is 3.04. The lowest BCUT2D eigenvalue weighted by molar-refractivity contribution is -0.119. The van der Waals surface area contributed by atoms with Crippen LogP contribution in [0, 0.1) is 0 Å². The first-order valence-corrected chi connectivity index (χ1v) is 8.19. The monoisotopic (exact) mass is 348 g/mol. The highest BCUT2D eigenvalue weighted by molar-refractivity contribution is 7.13. The summed E-state index contributed by atoms with van der Waals surface area (Å²) in [4.78, 5) is 17.7. The van der Waals surface area contributed by atoms with Crippen LogP contribution in [-0.4, -0.2) is 31.1 Å². The smallest absolute Gasteiger partial charge is 0.252 e. The van der Waals surface area contributed by atoms with E-state index in [1.54, 1.807) is 35.8 Å². The quantitative estimate of drug-likeness (QED) is 0.765. The molecule has 1 N–H and O–H groups in total. The van der Waals surface area contributed by atoms with E-state index < -0.39 is 6.04 Å². The molecule has 0 bridgehead atoms. The summed E-state index contributed by atoms with van der Waals surface area (Å²) in [6.07, 6.45) is 2.17. The maximum Gasteiger partial charge on any atom is 0.252 e. The fraction of sp³-hybridized carbons (Fsp3) is 0.214. The third kappa shape index (κ3) is 3.54. The number of hydrogen-bond acceptors (Lipinski definition) is 6. The molecule has 3 aromatic rings. The molecule has 0 saturated carbocycles. The lowest BCUT2D eigenvalue weighted by Gasteiger charge is -2.11. The van der Waals surface area contributed by atoms with Crippen molar-refractivity contribution in [3.05, 3.63) is 40.9 Å². The van der Waals surface area contributed by atoms with E-state index in [4.69, 9.17) is 11.6 Å². The van der Waals surface area contributed by atoms with E-state index in [2.05, 4.69) is 25.7 Å². The fourth-order valence-corrected chi connectivity index (χ4v) is 2.66. The van der Waals surface area contributed by atoms with Gasteiger partial charge in [-0.25, -0.2) is 4.98 Å². The van der Waals surface area contributed by atoms with Crippen molar-refractivity contribution in [3.63, 3.8) is 0 Å². The Morgan fingerprint density at radius 2 is 2.17 bits per heavy atom. The minimum atomic E-state index is -0.549. The number of benzene rings is 1. The zero-order chi connectivity index (χ0) is 16.2. The standard InChI is InChI=1S/C14H13ClN6OS/c1-2-11(13(22)17-14-16-7-8-23-14)21-19-12(18-20-21)9-3-5-10(15)6-4-9/h3-8,11H,2H2,1H3,(H,16,17,22). The van der Waals surface area contributed by atoms with Crippen LogP contribution in [-0.2, 0) is 4.79 Å². The highest BCUT2D eigenvalue weighted by Gasteiger charge is 2.22. The minimum absolute atomic E-state index is 0.220. The predicted molar refractivity (Wildman–Crippen MR) is 88.3 cm³/mol. The van der Waals surface area contributed by atoms with E-state index in [0.717, 1.165) is 5.56 Å². The van der Waals surface area contributed by atoms with E-state index >= 15 is 0 Å². The van der Waals surface area contributed by atoms with Gasteiger partial charge < -0.3 is 5.32 Å². The van der Waals surface area contributed by atoms with Crippen molar-refractivity contribution in [1.82, 2.24) is 25.2 Å². The Morgan fingerprint density at radius 1 is 1.39 bits per heavy atom. The Balaban J connectivity index is 1.79. The van der Waals surface area contributed by atoms with Crippen molar-refractivity contribution >= 4 is 34.0 Å². The Labute approximate surface area is 141 Å². The third-order valence-corrected chi connectivity index (χ3v) is 4.10. The van der Waals surface area contributed by atoms with Gasteiger partial charge in [-0.2, -0.15) is 4.80 Å². The molecule has 1 atom stereocenters. The van der Waals surface area contributed by atoms with Gasteiger partial charge in [0.25, 0.3) is 5.91 Å². The SMILES string of the molecule is CCC(C(=O)Nc1nccs1)n1nnc(-c2ccc(Cl)cc2)n1. The maximum atomic E-state index is 12.3. The molecule has 23 heavy (non-hydrogen) atoms. The average molecular weight is 349 g/mol. The Morgan fingerprint density at radius 3 is 2.83 bits per heavy atom. The number of carbonyl (C=O) groups excluding carboxylic acids is 1. The van der Waals surface area contributed by atoms with Crippen LogP contribution in [0.3, 0.4) is 0 Å². The Bertz CT molecular complexity index is 786. The number of carbonyl (C=O) groups is 1.